The molecule has 5 nitrogen and oxygen atoms in total. The molecule has 2 heterocycles. The Morgan fingerprint density at radius 1 is 1.20 bits per heavy atom. The van der Waals surface area contributed by atoms with Crippen LogP contribution in [0.2, 0.25) is 0 Å². The van der Waals surface area contributed by atoms with Crippen LogP contribution in [0.15, 0.2) is 12.2 Å². The van der Waals surface area contributed by atoms with Gasteiger partial charge in [-0.2, -0.15) is 0 Å². The Hall–Kier alpha value is -0.750. The molecule has 6 aliphatic rings. The fraction of sp³-hybridized carbons (Fsp3) is 0.850. The number of ketones is 1. The first kappa shape index (κ1) is 16.4. The molecule has 0 amide bonds. The smallest absolute Gasteiger partial charge is 0.205 e. The summed E-state index contributed by atoms with van der Waals surface area (Å²) in [6.07, 6.45) is 1.77. The third kappa shape index (κ3) is 1.44. The van der Waals surface area contributed by atoms with Gasteiger partial charge in [-0.1, -0.05) is 20.4 Å². The molecule has 2 spiro atoms. The first-order chi connectivity index (χ1) is 11.6. The molecule has 25 heavy (non-hydrogen) atoms. The van der Waals surface area contributed by atoms with Gasteiger partial charge in [0.1, 0.15) is 6.10 Å². The zero-order chi connectivity index (χ0) is 18.0. The van der Waals surface area contributed by atoms with Crippen LogP contribution in [-0.4, -0.2) is 45.7 Å². The Morgan fingerprint density at radius 2 is 1.92 bits per heavy atom. The Bertz CT molecular complexity index is 686. The highest BCUT2D eigenvalue weighted by Gasteiger charge is 2.84. The number of carbonyl (C=O) groups is 1. The maximum Gasteiger partial charge on any atom is 0.205 e. The van der Waals surface area contributed by atoms with Gasteiger partial charge in [-0.25, -0.2) is 0 Å². The Morgan fingerprint density at radius 3 is 2.64 bits per heavy atom. The molecule has 0 aromatic heterocycles. The lowest BCUT2D eigenvalue weighted by Crippen LogP contribution is -2.83. The predicted octanol–water partition coefficient (Wildman–Crippen LogP) is 1.40. The monoisotopic (exact) mass is 348 g/mol. The van der Waals surface area contributed by atoms with Crippen LogP contribution in [0.25, 0.3) is 0 Å². The number of fused-ring (bicyclic) bond motifs is 2. The molecule has 4 saturated carbocycles. The number of aliphatic hydroxyl groups excluding tert-OH is 2. The molecule has 4 bridgehead atoms. The molecule has 2 saturated heterocycles. The van der Waals surface area contributed by atoms with Crippen molar-refractivity contribution in [1.82, 2.24) is 0 Å². The summed E-state index contributed by atoms with van der Waals surface area (Å²) in [4.78, 5) is 13.3. The second kappa shape index (κ2) is 4.38. The van der Waals surface area contributed by atoms with Crippen LogP contribution in [0, 0.1) is 34.0 Å². The molecule has 0 radical (unpaired) electrons. The van der Waals surface area contributed by atoms with Gasteiger partial charge in [0.15, 0.2) is 5.78 Å². The second-order valence-electron chi connectivity index (χ2n) is 9.92. The number of rotatable bonds is 0. The van der Waals surface area contributed by atoms with E-state index in [0.29, 0.717) is 18.4 Å². The fourth-order valence-electron chi connectivity index (χ4n) is 7.82. The van der Waals surface area contributed by atoms with Crippen molar-refractivity contribution in [3.8, 4) is 0 Å². The van der Waals surface area contributed by atoms with E-state index in [9.17, 15) is 20.1 Å². The van der Waals surface area contributed by atoms with Crippen molar-refractivity contribution in [3.05, 3.63) is 12.2 Å². The van der Waals surface area contributed by atoms with E-state index >= 15 is 0 Å². The number of carbonyl (C=O) groups excluding carboxylic acids is 1. The van der Waals surface area contributed by atoms with Gasteiger partial charge in [0.25, 0.3) is 0 Å². The summed E-state index contributed by atoms with van der Waals surface area (Å²) in [5, 5.41) is 34.0. The number of hydrogen-bond donors (Lipinski definition) is 3. The lowest BCUT2D eigenvalue weighted by Gasteiger charge is -2.74. The van der Waals surface area contributed by atoms with E-state index in [-0.39, 0.29) is 35.6 Å². The number of hydrogen-bond acceptors (Lipinski definition) is 5. The minimum absolute atomic E-state index is 0.0616. The fourth-order valence-corrected chi connectivity index (χ4v) is 7.82. The van der Waals surface area contributed by atoms with E-state index in [1.807, 2.05) is 0 Å². The van der Waals surface area contributed by atoms with Crippen LogP contribution in [0.1, 0.15) is 46.0 Å². The molecule has 4 aliphatic carbocycles. The zero-order valence-corrected chi connectivity index (χ0v) is 15.0. The van der Waals surface area contributed by atoms with Crippen molar-refractivity contribution in [2.24, 2.45) is 34.0 Å². The molecule has 8 atom stereocenters. The standard InChI is InChI=1S/C20H28O5/c1-10-11-4-5-12-18-9-25-20(24,19(12,8-11)15(10)22)16(23)14(18)17(2,3)7-6-13(18)21/h11-14,16,21,23-24H,1,4-9H2,2-3H3/t11-,12+,13+,14-,16+,18-,19+,20-/m1/s1. The van der Waals surface area contributed by atoms with E-state index in [2.05, 4.69) is 20.4 Å². The van der Waals surface area contributed by atoms with E-state index in [0.717, 1.165) is 19.3 Å². The molecule has 2 aliphatic heterocycles. The van der Waals surface area contributed by atoms with Gasteiger partial charge in [-0.3, -0.25) is 4.79 Å². The molecular formula is C20H28O5. The molecule has 0 aromatic rings. The summed E-state index contributed by atoms with van der Waals surface area (Å²) in [6, 6.07) is 0. The van der Waals surface area contributed by atoms with Gasteiger partial charge in [0.2, 0.25) is 5.79 Å². The van der Waals surface area contributed by atoms with E-state index < -0.39 is 28.8 Å². The van der Waals surface area contributed by atoms with E-state index in [4.69, 9.17) is 4.74 Å². The summed E-state index contributed by atoms with van der Waals surface area (Å²) >= 11 is 0. The number of ether oxygens (including phenoxy) is 1. The van der Waals surface area contributed by atoms with Crippen LogP contribution in [0.5, 0.6) is 0 Å². The lowest BCUT2D eigenvalue weighted by atomic mass is 9.36. The van der Waals surface area contributed by atoms with Crippen LogP contribution < -0.4 is 0 Å². The van der Waals surface area contributed by atoms with Gasteiger partial charge in [-0.15, -0.1) is 0 Å². The van der Waals surface area contributed by atoms with Gasteiger partial charge in [-0.05, 0) is 54.9 Å². The van der Waals surface area contributed by atoms with Crippen molar-refractivity contribution in [2.45, 2.75) is 63.9 Å². The quantitative estimate of drug-likeness (QED) is 0.576. The third-order valence-electron chi connectivity index (χ3n) is 8.81. The lowest BCUT2D eigenvalue weighted by molar-refractivity contribution is -0.448. The van der Waals surface area contributed by atoms with Crippen LogP contribution in [0.3, 0.4) is 0 Å². The maximum absolute atomic E-state index is 13.3. The van der Waals surface area contributed by atoms with Crippen molar-refractivity contribution >= 4 is 5.78 Å². The summed E-state index contributed by atoms with van der Waals surface area (Å²) in [6.45, 7) is 8.41. The molecule has 5 heteroatoms. The molecule has 6 fully saturated rings. The molecule has 0 unspecified atom stereocenters. The van der Waals surface area contributed by atoms with Crippen molar-refractivity contribution in [3.63, 3.8) is 0 Å². The molecule has 138 valence electrons. The first-order valence-electron chi connectivity index (χ1n) is 9.59. The summed E-state index contributed by atoms with van der Waals surface area (Å²) in [7, 11) is 0. The summed E-state index contributed by atoms with van der Waals surface area (Å²) < 4.78 is 5.89. The van der Waals surface area contributed by atoms with Crippen molar-refractivity contribution in [1.29, 1.82) is 0 Å². The van der Waals surface area contributed by atoms with Gasteiger partial charge < -0.3 is 20.1 Å². The van der Waals surface area contributed by atoms with Gasteiger partial charge in [0.05, 0.1) is 18.1 Å². The predicted molar refractivity (Wildman–Crippen MR) is 89.3 cm³/mol. The SMILES string of the molecule is C=C1C(=O)[C@]23C[C@H]1CC[C@H]2[C@@]12CO[C@]3(O)[C@@H](O)[C@@H]1C(C)(C)CC[C@@H]2O. The van der Waals surface area contributed by atoms with Crippen molar-refractivity contribution in [2.75, 3.05) is 6.61 Å². The number of allylic oxidation sites excluding steroid dienone is 1. The van der Waals surface area contributed by atoms with Crippen molar-refractivity contribution < 1.29 is 24.9 Å². The average Bonchev–Trinajstić information content (AvgIpc) is 2.75. The molecule has 6 rings (SSSR count). The Kier molecular flexibility index (Phi) is 2.88. The van der Waals surface area contributed by atoms with E-state index in [1.54, 1.807) is 0 Å². The molecule has 0 aromatic carbocycles. The number of Topliss-reactive ketones (excluding diaryl/α,β-unsaturated/α-hetero) is 1. The minimum atomic E-state index is -1.87. The normalized spacial score (nSPS) is 58.8. The highest BCUT2D eigenvalue weighted by molar-refractivity contribution is 6.04. The third-order valence-corrected chi connectivity index (χ3v) is 8.81. The van der Waals surface area contributed by atoms with Crippen LogP contribution in [0.4, 0.5) is 0 Å². The van der Waals surface area contributed by atoms with Gasteiger partial charge in [0, 0.05) is 11.3 Å². The number of aliphatic hydroxyl groups is 3. The molecule has 3 N–H and O–H groups in total. The van der Waals surface area contributed by atoms with Gasteiger partial charge >= 0.3 is 0 Å². The largest absolute Gasteiger partial charge is 0.392 e. The highest BCUT2D eigenvalue weighted by Crippen LogP contribution is 2.76. The average molecular weight is 348 g/mol. The highest BCUT2D eigenvalue weighted by atomic mass is 16.6. The summed E-state index contributed by atoms with van der Waals surface area (Å²) in [5.74, 6) is -2.39. The topological polar surface area (TPSA) is 87.0 Å². The van der Waals surface area contributed by atoms with E-state index in [1.165, 1.54) is 0 Å². The maximum atomic E-state index is 13.3. The van der Waals surface area contributed by atoms with Crippen LogP contribution >= 0.6 is 0 Å². The Balaban J connectivity index is 1.79. The molecular weight excluding hydrogens is 320 g/mol. The first-order valence-corrected chi connectivity index (χ1v) is 9.59. The Labute approximate surface area is 148 Å². The summed E-state index contributed by atoms with van der Waals surface area (Å²) in [5.41, 5.74) is -1.48. The zero-order valence-electron chi connectivity index (χ0n) is 15.0. The minimum Gasteiger partial charge on any atom is -0.392 e. The van der Waals surface area contributed by atoms with Crippen LogP contribution in [-0.2, 0) is 9.53 Å². The second-order valence-corrected chi connectivity index (χ2v) is 9.92.